The van der Waals surface area contributed by atoms with Crippen molar-refractivity contribution in [2.24, 2.45) is 0 Å². The minimum atomic E-state index is 0.234. The molecule has 0 amide bonds. The lowest BCUT2D eigenvalue weighted by atomic mass is 9.91. The summed E-state index contributed by atoms with van der Waals surface area (Å²) in [6.07, 6.45) is 0.956. The van der Waals surface area contributed by atoms with Crippen LogP contribution in [-0.2, 0) is 6.42 Å². The van der Waals surface area contributed by atoms with Gasteiger partial charge in [-0.1, -0.05) is 47.5 Å². The number of hydrogen-bond acceptors (Lipinski definition) is 1. The summed E-state index contributed by atoms with van der Waals surface area (Å²) in [6, 6.07) is 11.0. The SMILES string of the molecule is CNC(Cc1c(C)cc(C)cc1C)c1cccc(C)c1Cl. The van der Waals surface area contributed by atoms with Crippen LogP contribution in [0.2, 0.25) is 5.02 Å². The Morgan fingerprint density at radius 2 is 1.62 bits per heavy atom. The third kappa shape index (κ3) is 3.48. The molecule has 0 aromatic heterocycles. The van der Waals surface area contributed by atoms with Crippen molar-refractivity contribution in [3.63, 3.8) is 0 Å². The van der Waals surface area contributed by atoms with Gasteiger partial charge in [0.05, 0.1) is 0 Å². The monoisotopic (exact) mass is 301 g/mol. The first kappa shape index (κ1) is 16.1. The molecule has 2 rings (SSSR count). The van der Waals surface area contributed by atoms with Gasteiger partial charge < -0.3 is 5.32 Å². The predicted molar refractivity (Wildman–Crippen MR) is 92.3 cm³/mol. The van der Waals surface area contributed by atoms with E-state index in [-0.39, 0.29) is 6.04 Å². The molecule has 0 bridgehead atoms. The first-order valence-corrected chi connectivity index (χ1v) is 7.80. The van der Waals surface area contributed by atoms with Crippen LogP contribution in [0.3, 0.4) is 0 Å². The van der Waals surface area contributed by atoms with E-state index in [0.29, 0.717) is 0 Å². The molecular formula is C19H24ClN. The number of hydrogen-bond donors (Lipinski definition) is 1. The largest absolute Gasteiger partial charge is 0.313 e. The first-order valence-electron chi connectivity index (χ1n) is 7.43. The highest BCUT2D eigenvalue weighted by molar-refractivity contribution is 6.32. The maximum Gasteiger partial charge on any atom is 0.0483 e. The van der Waals surface area contributed by atoms with Gasteiger partial charge >= 0.3 is 0 Å². The fourth-order valence-electron chi connectivity index (χ4n) is 3.04. The fourth-order valence-corrected chi connectivity index (χ4v) is 3.30. The molecule has 0 aliphatic carbocycles. The van der Waals surface area contributed by atoms with Gasteiger partial charge in [-0.25, -0.2) is 0 Å². The normalized spacial score (nSPS) is 12.5. The molecule has 1 atom stereocenters. The fraction of sp³-hybridized carbons (Fsp3) is 0.368. The Hall–Kier alpha value is -1.31. The van der Waals surface area contributed by atoms with Gasteiger partial charge in [-0.2, -0.15) is 0 Å². The molecule has 2 aromatic carbocycles. The summed E-state index contributed by atoms with van der Waals surface area (Å²) >= 11 is 6.50. The molecule has 2 heteroatoms. The molecule has 21 heavy (non-hydrogen) atoms. The summed E-state index contributed by atoms with van der Waals surface area (Å²) in [7, 11) is 2.00. The highest BCUT2D eigenvalue weighted by Gasteiger charge is 2.16. The lowest BCUT2D eigenvalue weighted by Gasteiger charge is -2.21. The number of benzene rings is 2. The Balaban J connectivity index is 2.38. The Kier molecular flexibility index (Phi) is 5.08. The Morgan fingerprint density at radius 1 is 1.00 bits per heavy atom. The summed E-state index contributed by atoms with van der Waals surface area (Å²) in [5.41, 5.74) is 7.76. The highest BCUT2D eigenvalue weighted by Crippen LogP contribution is 2.30. The van der Waals surface area contributed by atoms with Gasteiger partial charge in [-0.3, -0.25) is 0 Å². The standard InChI is InChI=1S/C19H24ClN/c1-12-9-14(3)17(15(4)10-12)11-18(21-5)16-8-6-7-13(2)19(16)20/h6-10,18,21H,11H2,1-5H3. The second-order valence-electron chi connectivity index (χ2n) is 5.90. The van der Waals surface area contributed by atoms with Crippen LogP contribution >= 0.6 is 11.6 Å². The lowest BCUT2D eigenvalue weighted by molar-refractivity contribution is 0.589. The molecule has 0 radical (unpaired) electrons. The van der Waals surface area contributed by atoms with Gasteiger partial charge in [0, 0.05) is 11.1 Å². The van der Waals surface area contributed by atoms with Crippen LogP contribution in [0.15, 0.2) is 30.3 Å². The van der Waals surface area contributed by atoms with Crippen LogP contribution in [0.1, 0.15) is 39.4 Å². The van der Waals surface area contributed by atoms with Crippen LogP contribution in [-0.4, -0.2) is 7.05 Å². The average Bonchev–Trinajstić information content (AvgIpc) is 2.42. The van der Waals surface area contributed by atoms with Gasteiger partial charge in [-0.15, -0.1) is 0 Å². The van der Waals surface area contributed by atoms with E-state index in [1.54, 1.807) is 0 Å². The third-order valence-corrected chi connectivity index (χ3v) is 4.71. The zero-order chi connectivity index (χ0) is 15.6. The molecule has 1 unspecified atom stereocenters. The van der Waals surface area contributed by atoms with E-state index in [9.17, 15) is 0 Å². The van der Waals surface area contributed by atoms with Crippen molar-refractivity contribution in [2.45, 2.75) is 40.2 Å². The topological polar surface area (TPSA) is 12.0 Å². The Labute approximate surface area is 133 Å². The lowest BCUT2D eigenvalue weighted by Crippen LogP contribution is -2.20. The van der Waals surface area contributed by atoms with Crippen molar-refractivity contribution >= 4 is 11.6 Å². The minimum absolute atomic E-state index is 0.234. The summed E-state index contributed by atoms with van der Waals surface area (Å²) in [5, 5.41) is 4.29. The molecule has 0 fully saturated rings. The van der Waals surface area contributed by atoms with Crippen LogP contribution in [0.5, 0.6) is 0 Å². The van der Waals surface area contributed by atoms with Crippen molar-refractivity contribution in [3.05, 3.63) is 68.7 Å². The molecule has 0 saturated carbocycles. The second kappa shape index (κ2) is 6.64. The van der Waals surface area contributed by atoms with Gasteiger partial charge in [0.15, 0.2) is 0 Å². The number of nitrogens with one attached hydrogen (secondary N) is 1. The van der Waals surface area contributed by atoms with Gasteiger partial charge in [0.25, 0.3) is 0 Å². The Morgan fingerprint density at radius 3 is 2.19 bits per heavy atom. The van der Waals surface area contributed by atoms with E-state index in [2.05, 4.69) is 63.3 Å². The smallest absolute Gasteiger partial charge is 0.0483 e. The molecule has 0 spiro atoms. The van der Waals surface area contributed by atoms with Crippen LogP contribution in [0, 0.1) is 27.7 Å². The maximum absolute atomic E-state index is 6.50. The third-order valence-electron chi connectivity index (χ3n) is 4.19. The van der Waals surface area contributed by atoms with E-state index in [1.165, 1.54) is 27.8 Å². The first-order chi connectivity index (χ1) is 9.93. The van der Waals surface area contributed by atoms with E-state index < -0.39 is 0 Å². The number of rotatable bonds is 4. The maximum atomic E-state index is 6.50. The van der Waals surface area contributed by atoms with Crippen LogP contribution < -0.4 is 5.32 Å². The molecule has 0 saturated heterocycles. The zero-order valence-electron chi connectivity index (χ0n) is 13.5. The number of halogens is 1. The minimum Gasteiger partial charge on any atom is -0.313 e. The van der Waals surface area contributed by atoms with E-state index in [0.717, 1.165) is 17.0 Å². The van der Waals surface area contributed by atoms with E-state index in [4.69, 9.17) is 11.6 Å². The molecule has 1 N–H and O–H groups in total. The predicted octanol–water partition coefficient (Wildman–Crippen LogP) is 5.08. The van der Waals surface area contributed by atoms with Gasteiger partial charge in [0.1, 0.15) is 0 Å². The Bertz CT molecular complexity index is 623. The van der Waals surface area contributed by atoms with Gasteiger partial charge in [-0.05, 0) is 69.0 Å². The summed E-state index contributed by atoms with van der Waals surface area (Å²) < 4.78 is 0. The summed E-state index contributed by atoms with van der Waals surface area (Å²) in [6.45, 7) is 8.59. The molecule has 112 valence electrons. The average molecular weight is 302 g/mol. The molecule has 2 aromatic rings. The van der Waals surface area contributed by atoms with Gasteiger partial charge in [0.2, 0.25) is 0 Å². The van der Waals surface area contributed by atoms with Crippen molar-refractivity contribution < 1.29 is 0 Å². The summed E-state index contributed by atoms with van der Waals surface area (Å²) in [5.74, 6) is 0. The molecule has 1 nitrogen and oxygen atoms in total. The highest BCUT2D eigenvalue weighted by atomic mass is 35.5. The van der Waals surface area contributed by atoms with Crippen molar-refractivity contribution in [1.29, 1.82) is 0 Å². The van der Waals surface area contributed by atoms with Crippen molar-refractivity contribution in [1.82, 2.24) is 5.32 Å². The van der Waals surface area contributed by atoms with E-state index in [1.807, 2.05) is 7.05 Å². The zero-order valence-corrected chi connectivity index (χ0v) is 14.3. The molecule has 0 heterocycles. The second-order valence-corrected chi connectivity index (χ2v) is 6.28. The van der Waals surface area contributed by atoms with Crippen molar-refractivity contribution in [3.8, 4) is 0 Å². The quantitative estimate of drug-likeness (QED) is 0.830. The van der Waals surface area contributed by atoms with Crippen LogP contribution in [0.4, 0.5) is 0 Å². The molecule has 0 aliphatic heterocycles. The number of aryl methyl sites for hydroxylation is 4. The molecule has 0 aliphatic rings. The summed E-state index contributed by atoms with van der Waals surface area (Å²) in [4.78, 5) is 0. The van der Waals surface area contributed by atoms with Crippen LogP contribution in [0.25, 0.3) is 0 Å². The molecular weight excluding hydrogens is 278 g/mol. The number of likely N-dealkylation sites (N-methyl/N-ethyl adjacent to an activating group) is 1. The van der Waals surface area contributed by atoms with E-state index >= 15 is 0 Å². The van der Waals surface area contributed by atoms with Crippen molar-refractivity contribution in [2.75, 3.05) is 7.05 Å².